The summed E-state index contributed by atoms with van der Waals surface area (Å²) in [5.41, 5.74) is 0. The number of aryl methyl sites for hydroxylation is 1. The Labute approximate surface area is 83.4 Å². The van der Waals surface area contributed by atoms with Crippen LogP contribution in [0.4, 0.5) is 0 Å². The molecule has 0 radical (unpaired) electrons. The largest absolute Gasteiger partial charge is 0.324 e. The summed E-state index contributed by atoms with van der Waals surface area (Å²) < 4.78 is 26.9. The molecule has 1 fully saturated rings. The van der Waals surface area contributed by atoms with Crippen LogP contribution in [0.15, 0.2) is 17.6 Å². The molecule has 14 heavy (non-hydrogen) atoms. The summed E-state index contributed by atoms with van der Waals surface area (Å²) in [7, 11) is -1.65. The zero-order chi connectivity index (χ0) is 10.2. The van der Waals surface area contributed by atoms with E-state index in [9.17, 15) is 8.42 Å². The monoisotopic (exact) mass is 215 g/mol. The lowest BCUT2D eigenvalue weighted by Gasteiger charge is -2.14. The minimum absolute atomic E-state index is 0.138. The average molecular weight is 215 g/mol. The Kier molecular flexibility index (Phi) is 2.32. The van der Waals surface area contributed by atoms with Crippen LogP contribution in [-0.4, -0.2) is 35.4 Å². The summed E-state index contributed by atoms with van der Waals surface area (Å²) in [6.07, 6.45) is 5.04. The van der Waals surface area contributed by atoms with Gasteiger partial charge in [0, 0.05) is 32.5 Å². The van der Waals surface area contributed by atoms with Gasteiger partial charge in [-0.3, -0.25) is 0 Å². The standard InChI is InChI=1S/C8H13N3O2S/c1-10-7-4-9-8(10)14(12,13)11-5-2-3-6-11/h4,7H,2-3,5-6H2,1H3. The first-order chi connectivity index (χ1) is 6.62. The zero-order valence-corrected chi connectivity index (χ0v) is 8.87. The molecule has 0 atom stereocenters. The van der Waals surface area contributed by atoms with E-state index in [1.165, 1.54) is 15.1 Å². The van der Waals surface area contributed by atoms with Crippen LogP contribution in [0.5, 0.6) is 0 Å². The first-order valence-electron chi connectivity index (χ1n) is 4.60. The van der Waals surface area contributed by atoms with Crippen molar-refractivity contribution in [2.75, 3.05) is 13.1 Å². The molecule has 0 spiro atoms. The number of imidazole rings is 1. The lowest BCUT2D eigenvalue weighted by atomic mass is 10.4. The van der Waals surface area contributed by atoms with E-state index in [2.05, 4.69) is 4.98 Å². The third-order valence-corrected chi connectivity index (χ3v) is 4.31. The van der Waals surface area contributed by atoms with Crippen molar-refractivity contribution in [2.24, 2.45) is 7.05 Å². The van der Waals surface area contributed by atoms with E-state index in [4.69, 9.17) is 0 Å². The maximum atomic E-state index is 12.0. The molecule has 0 N–H and O–H groups in total. The van der Waals surface area contributed by atoms with Gasteiger partial charge in [-0.2, -0.15) is 4.31 Å². The van der Waals surface area contributed by atoms with Crippen molar-refractivity contribution in [3.8, 4) is 0 Å². The van der Waals surface area contributed by atoms with Crippen molar-refractivity contribution in [1.29, 1.82) is 0 Å². The highest BCUT2D eigenvalue weighted by molar-refractivity contribution is 7.89. The van der Waals surface area contributed by atoms with E-state index in [0.29, 0.717) is 13.1 Å². The first kappa shape index (κ1) is 9.67. The highest BCUT2D eigenvalue weighted by atomic mass is 32.2. The van der Waals surface area contributed by atoms with Crippen LogP contribution in [0.25, 0.3) is 0 Å². The highest BCUT2D eigenvalue weighted by Gasteiger charge is 2.29. The fraction of sp³-hybridized carbons (Fsp3) is 0.625. The van der Waals surface area contributed by atoms with Crippen molar-refractivity contribution in [2.45, 2.75) is 18.0 Å². The Morgan fingerprint density at radius 2 is 2.00 bits per heavy atom. The van der Waals surface area contributed by atoms with Gasteiger partial charge < -0.3 is 4.57 Å². The SMILES string of the molecule is Cn1ccnc1S(=O)(=O)N1CCCC1. The van der Waals surface area contributed by atoms with E-state index in [1.807, 2.05) is 0 Å². The Bertz CT molecular complexity index is 418. The van der Waals surface area contributed by atoms with Crippen molar-refractivity contribution in [1.82, 2.24) is 13.9 Å². The Morgan fingerprint density at radius 1 is 1.36 bits per heavy atom. The van der Waals surface area contributed by atoms with Gasteiger partial charge in [0.05, 0.1) is 0 Å². The minimum atomic E-state index is -3.34. The quantitative estimate of drug-likeness (QED) is 0.708. The summed E-state index contributed by atoms with van der Waals surface area (Å²) >= 11 is 0. The van der Waals surface area contributed by atoms with Gasteiger partial charge in [-0.1, -0.05) is 0 Å². The first-order valence-corrected chi connectivity index (χ1v) is 6.04. The number of aromatic nitrogens is 2. The van der Waals surface area contributed by atoms with Crippen molar-refractivity contribution < 1.29 is 8.42 Å². The highest BCUT2D eigenvalue weighted by Crippen LogP contribution is 2.18. The Balaban J connectivity index is 2.37. The molecule has 5 nitrogen and oxygen atoms in total. The van der Waals surface area contributed by atoms with Gasteiger partial charge in [0.15, 0.2) is 0 Å². The molecule has 0 aliphatic carbocycles. The number of nitrogens with zero attached hydrogens (tertiary/aromatic N) is 3. The van der Waals surface area contributed by atoms with Gasteiger partial charge in [0.25, 0.3) is 10.0 Å². The topological polar surface area (TPSA) is 55.2 Å². The van der Waals surface area contributed by atoms with Crippen molar-refractivity contribution >= 4 is 10.0 Å². The van der Waals surface area contributed by atoms with Gasteiger partial charge in [0.1, 0.15) is 0 Å². The molecular weight excluding hydrogens is 202 g/mol. The molecule has 0 bridgehead atoms. The van der Waals surface area contributed by atoms with E-state index >= 15 is 0 Å². The van der Waals surface area contributed by atoms with E-state index < -0.39 is 10.0 Å². The number of rotatable bonds is 2. The van der Waals surface area contributed by atoms with E-state index in [-0.39, 0.29) is 5.16 Å². The van der Waals surface area contributed by atoms with Crippen LogP contribution >= 0.6 is 0 Å². The maximum absolute atomic E-state index is 12.0. The third-order valence-electron chi connectivity index (χ3n) is 2.41. The number of sulfonamides is 1. The van der Waals surface area contributed by atoms with Crippen LogP contribution in [-0.2, 0) is 17.1 Å². The fourth-order valence-electron chi connectivity index (χ4n) is 1.64. The molecule has 1 aliphatic rings. The summed E-state index contributed by atoms with van der Waals surface area (Å²) in [6.45, 7) is 1.24. The molecule has 0 aromatic carbocycles. The third kappa shape index (κ3) is 1.44. The maximum Gasteiger partial charge on any atom is 0.276 e. The second kappa shape index (κ2) is 3.36. The predicted molar refractivity (Wildman–Crippen MR) is 51.2 cm³/mol. The molecule has 1 saturated heterocycles. The van der Waals surface area contributed by atoms with Crippen LogP contribution in [0.3, 0.4) is 0 Å². The predicted octanol–water partition coefficient (Wildman–Crippen LogP) is 0.205. The van der Waals surface area contributed by atoms with Gasteiger partial charge >= 0.3 is 0 Å². The molecule has 0 amide bonds. The molecule has 2 heterocycles. The molecule has 1 aromatic rings. The van der Waals surface area contributed by atoms with Crippen molar-refractivity contribution in [3.05, 3.63) is 12.4 Å². The second-order valence-electron chi connectivity index (χ2n) is 3.43. The number of hydrogen-bond acceptors (Lipinski definition) is 3. The minimum Gasteiger partial charge on any atom is -0.324 e. The zero-order valence-electron chi connectivity index (χ0n) is 8.05. The average Bonchev–Trinajstić information content (AvgIpc) is 2.72. The smallest absolute Gasteiger partial charge is 0.276 e. The Hall–Kier alpha value is -0.880. The van der Waals surface area contributed by atoms with Gasteiger partial charge in [-0.15, -0.1) is 0 Å². The van der Waals surface area contributed by atoms with Crippen LogP contribution in [0.1, 0.15) is 12.8 Å². The van der Waals surface area contributed by atoms with Crippen LogP contribution in [0.2, 0.25) is 0 Å². The van der Waals surface area contributed by atoms with E-state index in [0.717, 1.165) is 12.8 Å². The van der Waals surface area contributed by atoms with Crippen LogP contribution in [0, 0.1) is 0 Å². The second-order valence-corrected chi connectivity index (χ2v) is 5.26. The van der Waals surface area contributed by atoms with Gasteiger partial charge in [-0.05, 0) is 12.8 Å². The van der Waals surface area contributed by atoms with E-state index in [1.54, 1.807) is 13.2 Å². The summed E-state index contributed by atoms with van der Waals surface area (Å²) in [6, 6.07) is 0. The summed E-state index contributed by atoms with van der Waals surface area (Å²) in [5, 5.41) is 0.138. The molecule has 1 aliphatic heterocycles. The van der Waals surface area contributed by atoms with Crippen LogP contribution < -0.4 is 0 Å². The summed E-state index contributed by atoms with van der Waals surface area (Å²) in [4.78, 5) is 3.87. The molecular formula is C8H13N3O2S. The molecule has 6 heteroatoms. The number of hydrogen-bond donors (Lipinski definition) is 0. The molecule has 1 aromatic heterocycles. The van der Waals surface area contributed by atoms with Gasteiger partial charge in [-0.25, -0.2) is 13.4 Å². The molecule has 2 rings (SSSR count). The fourth-order valence-corrected chi connectivity index (χ4v) is 3.23. The lowest BCUT2D eigenvalue weighted by Crippen LogP contribution is -2.29. The van der Waals surface area contributed by atoms with Crippen molar-refractivity contribution in [3.63, 3.8) is 0 Å². The molecule has 78 valence electrons. The molecule has 0 unspecified atom stereocenters. The van der Waals surface area contributed by atoms with Gasteiger partial charge in [0.2, 0.25) is 5.16 Å². The summed E-state index contributed by atoms with van der Waals surface area (Å²) in [5.74, 6) is 0. The normalized spacial score (nSPS) is 18.9. The lowest BCUT2D eigenvalue weighted by molar-refractivity contribution is 0.466. The Morgan fingerprint density at radius 3 is 2.50 bits per heavy atom. The molecule has 0 saturated carbocycles.